The molecule has 1 amide bonds. The second kappa shape index (κ2) is 6.66. The summed E-state index contributed by atoms with van der Waals surface area (Å²) in [5.74, 6) is 1.24. The molecule has 0 N–H and O–H groups in total. The number of hydrogen-bond acceptors (Lipinski definition) is 6. The smallest absolute Gasteiger partial charge is 0.272 e. The molecule has 24 heavy (non-hydrogen) atoms. The summed E-state index contributed by atoms with van der Waals surface area (Å²) in [7, 11) is -1.37. The molecular weight excluding hydrogens is 328 g/mol. The molecule has 0 aliphatic carbocycles. The van der Waals surface area contributed by atoms with Gasteiger partial charge in [-0.05, 0) is 31.2 Å². The summed E-state index contributed by atoms with van der Waals surface area (Å²) in [6, 6.07) is 1.33. The number of carbonyl (C=O) groups is 1. The number of amides is 1. The molecule has 0 radical (unpaired) electrons. The molecule has 2 aliphatic rings. The Morgan fingerprint density at radius 1 is 1.29 bits per heavy atom. The Labute approximate surface area is 143 Å². The van der Waals surface area contributed by atoms with Crippen LogP contribution in [0.4, 0.5) is 5.95 Å². The van der Waals surface area contributed by atoms with E-state index < -0.39 is 9.84 Å². The minimum absolute atomic E-state index is 0.0389. The second-order valence-corrected chi connectivity index (χ2v) is 9.11. The molecule has 3 rings (SSSR count). The average molecular weight is 352 g/mol. The summed E-state index contributed by atoms with van der Waals surface area (Å²) in [6.45, 7) is 4.04. The molecule has 0 spiro atoms. The summed E-state index contributed by atoms with van der Waals surface area (Å²) in [6.07, 6.45) is 4.29. The fraction of sp³-hybridized carbons (Fsp3) is 0.688. The molecular formula is C16H24N4O3S. The first-order valence-electron chi connectivity index (χ1n) is 8.41. The second-order valence-electron chi connectivity index (χ2n) is 6.88. The Hall–Kier alpha value is -1.70. The van der Waals surface area contributed by atoms with Gasteiger partial charge in [-0.1, -0.05) is 6.92 Å². The highest BCUT2D eigenvalue weighted by atomic mass is 32.2. The van der Waals surface area contributed by atoms with Gasteiger partial charge in [0.15, 0.2) is 9.84 Å². The van der Waals surface area contributed by atoms with Crippen molar-refractivity contribution in [1.29, 1.82) is 0 Å². The largest absolute Gasteiger partial charge is 0.341 e. The van der Waals surface area contributed by atoms with Crippen LogP contribution < -0.4 is 4.90 Å². The predicted molar refractivity (Wildman–Crippen MR) is 91.8 cm³/mol. The van der Waals surface area contributed by atoms with Crippen LogP contribution in [0.5, 0.6) is 0 Å². The Morgan fingerprint density at radius 2 is 2.00 bits per heavy atom. The van der Waals surface area contributed by atoms with Crippen molar-refractivity contribution in [1.82, 2.24) is 14.9 Å². The van der Waals surface area contributed by atoms with Gasteiger partial charge >= 0.3 is 0 Å². The van der Waals surface area contributed by atoms with Gasteiger partial charge in [-0.2, -0.15) is 0 Å². The van der Waals surface area contributed by atoms with Crippen molar-refractivity contribution in [2.24, 2.45) is 5.92 Å². The highest BCUT2D eigenvalue weighted by molar-refractivity contribution is 7.91. The molecule has 3 heterocycles. The van der Waals surface area contributed by atoms with E-state index in [0.717, 1.165) is 25.9 Å². The monoisotopic (exact) mass is 352 g/mol. The van der Waals surface area contributed by atoms with Gasteiger partial charge in [0, 0.05) is 32.4 Å². The van der Waals surface area contributed by atoms with Gasteiger partial charge in [-0.3, -0.25) is 4.79 Å². The van der Waals surface area contributed by atoms with Crippen molar-refractivity contribution < 1.29 is 13.2 Å². The molecule has 0 aromatic carbocycles. The number of piperidine rings is 1. The summed E-state index contributed by atoms with van der Waals surface area (Å²) in [5.41, 5.74) is 0.324. The van der Waals surface area contributed by atoms with Gasteiger partial charge in [-0.25, -0.2) is 18.4 Å². The predicted octanol–water partition coefficient (Wildman–Crippen LogP) is 0.972. The van der Waals surface area contributed by atoms with E-state index in [2.05, 4.69) is 21.8 Å². The lowest BCUT2D eigenvalue weighted by Crippen LogP contribution is -2.39. The third-order valence-electron chi connectivity index (χ3n) is 5.00. The first-order valence-corrected chi connectivity index (χ1v) is 10.2. The van der Waals surface area contributed by atoms with Crippen LogP contribution in [-0.2, 0) is 9.84 Å². The molecule has 2 aliphatic heterocycles. The lowest BCUT2D eigenvalue weighted by atomic mass is 10.00. The van der Waals surface area contributed by atoms with Crippen LogP contribution in [0.1, 0.15) is 36.7 Å². The standard InChI is InChI=1S/C16H24N4O3S/c1-12-4-8-20(9-5-12)16-17-7-3-14(18-16)15(21)19(2)13-6-10-24(22,23)11-13/h3,7,12-13H,4-6,8-11H2,1-2H3. The molecule has 1 aromatic rings. The van der Waals surface area contributed by atoms with Gasteiger partial charge in [0.2, 0.25) is 5.95 Å². The molecule has 1 atom stereocenters. The maximum absolute atomic E-state index is 12.7. The molecule has 132 valence electrons. The van der Waals surface area contributed by atoms with Crippen molar-refractivity contribution >= 4 is 21.7 Å². The topological polar surface area (TPSA) is 83.5 Å². The maximum atomic E-state index is 12.7. The third-order valence-corrected chi connectivity index (χ3v) is 6.76. The number of rotatable bonds is 3. The quantitative estimate of drug-likeness (QED) is 0.806. The zero-order valence-corrected chi connectivity index (χ0v) is 15.0. The van der Waals surface area contributed by atoms with Crippen LogP contribution >= 0.6 is 0 Å². The van der Waals surface area contributed by atoms with Gasteiger partial charge in [-0.15, -0.1) is 0 Å². The highest BCUT2D eigenvalue weighted by Gasteiger charge is 2.33. The number of aromatic nitrogens is 2. The van der Waals surface area contributed by atoms with Gasteiger partial charge < -0.3 is 9.80 Å². The minimum Gasteiger partial charge on any atom is -0.341 e. The van der Waals surface area contributed by atoms with E-state index in [1.54, 1.807) is 19.3 Å². The summed E-state index contributed by atoms with van der Waals surface area (Å²) in [4.78, 5) is 25.0. The Bertz CT molecular complexity index is 714. The highest BCUT2D eigenvalue weighted by Crippen LogP contribution is 2.21. The summed E-state index contributed by atoms with van der Waals surface area (Å²) in [5, 5.41) is 0. The van der Waals surface area contributed by atoms with Crippen LogP contribution in [0.2, 0.25) is 0 Å². The van der Waals surface area contributed by atoms with Crippen LogP contribution in [0.3, 0.4) is 0 Å². The first-order chi connectivity index (χ1) is 11.4. The van der Waals surface area contributed by atoms with Gasteiger partial charge in [0.25, 0.3) is 5.91 Å². The molecule has 2 saturated heterocycles. The van der Waals surface area contributed by atoms with Crippen molar-refractivity contribution in [2.75, 3.05) is 36.5 Å². The van der Waals surface area contributed by atoms with Crippen LogP contribution in [0.25, 0.3) is 0 Å². The summed E-state index contributed by atoms with van der Waals surface area (Å²) >= 11 is 0. The van der Waals surface area contributed by atoms with E-state index in [-0.39, 0.29) is 23.5 Å². The maximum Gasteiger partial charge on any atom is 0.272 e. The van der Waals surface area contributed by atoms with E-state index >= 15 is 0 Å². The SMILES string of the molecule is CC1CCN(c2nccc(C(=O)N(C)C3CCS(=O)(=O)C3)n2)CC1. The normalized spacial score (nSPS) is 24.1. The lowest BCUT2D eigenvalue weighted by Gasteiger charge is -2.30. The van der Waals surface area contributed by atoms with Crippen LogP contribution in [-0.4, -0.2) is 66.9 Å². The number of sulfone groups is 1. The third kappa shape index (κ3) is 3.68. The molecule has 0 saturated carbocycles. The van der Waals surface area contributed by atoms with E-state index in [9.17, 15) is 13.2 Å². The molecule has 1 aromatic heterocycles. The zero-order valence-electron chi connectivity index (χ0n) is 14.2. The Kier molecular flexibility index (Phi) is 4.76. The number of nitrogens with zero attached hydrogens (tertiary/aromatic N) is 4. The van der Waals surface area contributed by atoms with Gasteiger partial charge in [0.1, 0.15) is 5.69 Å². The van der Waals surface area contributed by atoms with Crippen molar-refractivity contribution in [3.8, 4) is 0 Å². The van der Waals surface area contributed by atoms with E-state index in [1.807, 2.05) is 0 Å². The van der Waals surface area contributed by atoms with Crippen molar-refractivity contribution in [2.45, 2.75) is 32.2 Å². The summed E-state index contributed by atoms with van der Waals surface area (Å²) < 4.78 is 23.2. The number of hydrogen-bond donors (Lipinski definition) is 0. The average Bonchev–Trinajstić information content (AvgIpc) is 2.94. The van der Waals surface area contributed by atoms with Crippen LogP contribution in [0, 0.1) is 5.92 Å². The number of anilines is 1. The van der Waals surface area contributed by atoms with E-state index in [4.69, 9.17) is 0 Å². The Morgan fingerprint density at radius 3 is 2.62 bits per heavy atom. The Balaban J connectivity index is 1.72. The molecule has 0 bridgehead atoms. The number of carbonyl (C=O) groups excluding carboxylic acids is 1. The fourth-order valence-electron chi connectivity index (χ4n) is 3.26. The van der Waals surface area contributed by atoms with E-state index in [0.29, 0.717) is 24.0 Å². The van der Waals surface area contributed by atoms with Crippen molar-refractivity contribution in [3.63, 3.8) is 0 Å². The first kappa shape index (κ1) is 17.1. The molecule has 8 heteroatoms. The fourth-order valence-corrected chi connectivity index (χ4v) is 5.03. The molecule has 7 nitrogen and oxygen atoms in total. The van der Waals surface area contributed by atoms with Crippen LogP contribution in [0.15, 0.2) is 12.3 Å². The zero-order chi connectivity index (χ0) is 17.3. The lowest BCUT2D eigenvalue weighted by molar-refractivity contribution is 0.0741. The van der Waals surface area contributed by atoms with Gasteiger partial charge in [0.05, 0.1) is 11.5 Å². The van der Waals surface area contributed by atoms with E-state index in [1.165, 1.54) is 4.90 Å². The molecule has 2 fully saturated rings. The molecule has 1 unspecified atom stereocenters. The van der Waals surface area contributed by atoms with Crippen molar-refractivity contribution in [3.05, 3.63) is 18.0 Å². The minimum atomic E-state index is -3.02.